The van der Waals surface area contributed by atoms with Crippen LogP contribution in [-0.2, 0) is 16.6 Å². The number of alkyl halides is 6. The molecule has 1 aliphatic heterocycles. The molecule has 0 radical (unpaired) electrons. The minimum Gasteiger partial charge on any atom is -0.347 e. The summed E-state index contributed by atoms with van der Waals surface area (Å²) < 4.78 is 82.7. The van der Waals surface area contributed by atoms with E-state index in [1.807, 2.05) is 5.32 Å². The highest BCUT2D eigenvalue weighted by Crippen LogP contribution is 2.44. The fraction of sp³-hybridized carbons (Fsp3) is 0.417. The Morgan fingerprint density at radius 1 is 1.19 bits per heavy atom. The van der Waals surface area contributed by atoms with Crippen molar-refractivity contribution >= 4 is 0 Å². The zero-order valence-electron chi connectivity index (χ0n) is 10.3. The van der Waals surface area contributed by atoms with Gasteiger partial charge in [-0.3, -0.25) is 5.32 Å². The van der Waals surface area contributed by atoms with Crippen LogP contribution in [0.15, 0.2) is 18.2 Å². The van der Waals surface area contributed by atoms with Gasteiger partial charge in [-0.05, 0) is 12.1 Å². The maximum atomic E-state index is 13.2. The molecule has 3 nitrogen and oxygen atoms in total. The van der Waals surface area contributed by atoms with Crippen LogP contribution in [0.2, 0.25) is 0 Å². The van der Waals surface area contributed by atoms with Gasteiger partial charge in [0.15, 0.2) is 0 Å². The molecule has 2 rings (SSSR count). The Bertz CT molecular complexity index is 581. The molecule has 0 spiro atoms. The lowest BCUT2D eigenvalue weighted by Crippen LogP contribution is -2.51. The van der Waals surface area contributed by atoms with Crippen molar-refractivity contribution in [3.8, 4) is 6.07 Å². The third-order valence-corrected chi connectivity index (χ3v) is 3.05. The zero-order valence-corrected chi connectivity index (χ0v) is 10.3. The maximum Gasteiger partial charge on any atom is 0.435 e. The summed E-state index contributed by atoms with van der Waals surface area (Å²) in [7, 11) is 0. The van der Waals surface area contributed by atoms with Crippen molar-refractivity contribution in [2.75, 3.05) is 13.2 Å². The fourth-order valence-corrected chi connectivity index (χ4v) is 2.11. The van der Waals surface area contributed by atoms with Crippen LogP contribution in [0.1, 0.15) is 16.7 Å². The summed E-state index contributed by atoms with van der Waals surface area (Å²) in [4.78, 5) is 0. The Hall–Kier alpha value is -1.79. The van der Waals surface area contributed by atoms with Crippen LogP contribution in [-0.4, -0.2) is 19.3 Å². The number of halogens is 6. The Kier molecular flexibility index (Phi) is 3.63. The summed E-state index contributed by atoms with van der Waals surface area (Å²) >= 11 is 0. The lowest BCUT2D eigenvalue weighted by molar-refractivity contribution is -0.277. The van der Waals surface area contributed by atoms with E-state index in [0.717, 1.165) is 6.07 Å². The second kappa shape index (κ2) is 4.89. The minimum absolute atomic E-state index is 0.152. The highest BCUT2D eigenvalue weighted by atomic mass is 19.4. The molecular weight excluding hydrogens is 302 g/mol. The Morgan fingerprint density at radius 3 is 2.29 bits per heavy atom. The van der Waals surface area contributed by atoms with E-state index in [9.17, 15) is 26.3 Å². The number of rotatable bonds is 1. The SMILES string of the molecule is N#Cc1ccc(C2(C(F)(F)F)NCCO2)cc1C(F)(F)F. The molecule has 1 aromatic carbocycles. The molecule has 1 fully saturated rings. The zero-order chi connectivity index (χ0) is 15.9. The van der Waals surface area contributed by atoms with Gasteiger partial charge in [-0.25, -0.2) is 0 Å². The number of hydrogen-bond acceptors (Lipinski definition) is 3. The molecule has 0 bridgehead atoms. The van der Waals surface area contributed by atoms with E-state index in [4.69, 9.17) is 5.26 Å². The highest BCUT2D eigenvalue weighted by molar-refractivity contribution is 5.44. The lowest BCUT2D eigenvalue weighted by Gasteiger charge is -2.31. The fourth-order valence-electron chi connectivity index (χ4n) is 2.11. The highest BCUT2D eigenvalue weighted by Gasteiger charge is 2.59. The minimum atomic E-state index is -4.94. The molecule has 9 heteroatoms. The molecule has 0 amide bonds. The molecule has 1 aromatic rings. The van der Waals surface area contributed by atoms with Gasteiger partial charge in [0.1, 0.15) is 0 Å². The van der Waals surface area contributed by atoms with Gasteiger partial charge in [0.25, 0.3) is 0 Å². The summed E-state index contributed by atoms with van der Waals surface area (Å²) in [6.07, 6.45) is -9.88. The maximum absolute atomic E-state index is 13.2. The quantitative estimate of drug-likeness (QED) is 0.811. The second-order valence-corrected chi connectivity index (χ2v) is 4.32. The standard InChI is InChI=1S/C12H8F6N2O/c13-11(14,15)9-5-8(2-1-7(9)6-19)10(12(16,17)18)20-3-4-21-10/h1-2,5,20H,3-4H2. The van der Waals surface area contributed by atoms with E-state index < -0.39 is 34.8 Å². The topological polar surface area (TPSA) is 45.0 Å². The van der Waals surface area contributed by atoms with Crippen LogP contribution in [0.5, 0.6) is 0 Å². The third kappa shape index (κ3) is 2.56. The third-order valence-electron chi connectivity index (χ3n) is 3.05. The van der Waals surface area contributed by atoms with E-state index in [1.165, 1.54) is 6.07 Å². The number of nitrogens with one attached hydrogen (secondary N) is 1. The summed E-state index contributed by atoms with van der Waals surface area (Å²) in [6, 6.07) is 3.11. The molecule has 114 valence electrons. The van der Waals surface area contributed by atoms with Gasteiger partial charge in [-0.2, -0.15) is 31.6 Å². The molecule has 1 atom stereocenters. The van der Waals surface area contributed by atoms with Crippen molar-refractivity contribution in [1.82, 2.24) is 5.32 Å². The van der Waals surface area contributed by atoms with E-state index in [1.54, 1.807) is 0 Å². The monoisotopic (exact) mass is 310 g/mol. The van der Waals surface area contributed by atoms with Gasteiger partial charge in [-0.15, -0.1) is 0 Å². The number of ether oxygens (including phenoxy) is 1. The summed E-state index contributed by atoms with van der Waals surface area (Å²) in [5, 5.41) is 10.7. The van der Waals surface area contributed by atoms with Crippen LogP contribution < -0.4 is 5.32 Å². The van der Waals surface area contributed by atoms with Crippen molar-refractivity contribution in [2.24, 2.45) is 0 Å². The number of hydrogen-bond donors (Lipinski definition) is 1. The molecule has 0 saturated carbocycles. The van der Waals surface area contributed by atoms with Crippen LogP contribution >= 0.6 is 0 Å². The summed E-state index contributed by atoms with van der Waals surface area (Å²) in [5.74, 6) is 0. The van der Waals surface area contributed by atoms with E-state index in [2.05, 4.69) is 4.74 Å². The van der Waals surface area contributed by atoms with Gasteiger partial charge in [-0.1, -0.05) is 6.07 Å². The van der Waals surface area contributed by atoms with Gasteiger partial charge >= 0.3 is 12.4 Å². The van der Waals surface area contributed by atoms with E-state index in [-0.39, 0.29) is 13.2 Å². The van der Waals surface area contributed by atoms with Gasteiger partial charge < -0.3 is 4.74 Å². The largest absolute Gasteiger partial charge is 0.435 e. The first-order chi connectivity index (χ1) is 9.62. The van der Waals surface area contributed by atoms with Gasteiger partial charge in [0, 0.05) is 12.1 Å². The molecule has 1 heterocycles. The van der Waals surface area contributed by atoms with Crippen LogP contribution in [0.3, 0.4) is 0 Å². The number of benzene rings is 1. The molecular formula is C12H8F6N2O. The average Bonchev–Trinajstić information content (AvgIpc) is 2.87. The van der Waals surface area contributed by atoms with Crippen molar-refractivity contribution < 1.29 is 31.1 Å². The van der Waals surface area contributed by atoms with Crippen molar-refractivity contribution in [1.29, 1.82) is 5.26 Å². The lowest BCUT2D eigenvalue weighted by atomic mass is 9.96. The van der Waals surface area contributed by atoms with Crippen LogP contribution in [0.4, 0.5) is 26.3 Å². The molecule has 1 unspecified atom stereocenters. The van der Waals surface area contributed by atoms with E-state index >= 15 is 0 Å². The first-order valence-corrected chi connectivity index (χ1v) is 5.69. The molecule has 1 saturated heterocycles. The first kappa shape index (κ1) is 15.6. The normalized spacial score (nSPS) is 23.1. The van der Waals surface area contributed by atoms with Crippen molar-refractivity contribution in [2.45, 2.75) is 18.1 Å². The van der Waals surface area contributed by atoms with Crippen LogP contribution in [0, 0.1) is 11.3 Å². The predicted octanol–water partition coefficient (Wildman–Crippen LogP) is 2.91. The second-order valence-electron chi connectivity index (χ2n) is 4.32. The average molecular weight is 310 g/mol. The number of nitrogens with zero attached hydrogens (tertiary/aromatic N) is 1. The van der Waals surface area contributed by atoms with Gasteiger partial charge in [0.2, 0.25) is 5.72 Å². The predicted molar refractivity (Wildman–Crippen MR) is 57.8 cm³/mol. The molecule has 1 N–H and O–H groups in total. The molecule has 1 aliphatic rings. The molecule has 0 aliphatic carbocycles. The van der Waals surface area contributed by atoms with Crippen LogP contribution in [0.25, 0.3) is 0 Å². The molecule has 0 aromatic heterocycles. The molecule has 21 heavy (non-hydrogen) atoms. The number of nitriles is 1. The van der Waals surface area contributed by atoms with Gasteiger partial charge in [0.05, 0.1) is 23.8 Å². The smallest absolute Gasteiger partial charge is 0.347 e. The van der Waals surface area contributed by atoms with Crippen molar-refractivity contribution in [3.63, 3.8) is 0 Å². The Balaban J connectivity index is 2.62. The van der Waals surface area contributed by atoms with Crippen molar-refractivity contribution in [3.05, 3.63) is 34.9 Å². The Morgan fingerprint density at radius 2 is 1.86 bits per heavy atom. The van der Waals surface area contributed by atoms with E-state index in [0.29, 0.717) is 12.1 Å². The Labute approximate surface area is 115 Å². The summed E-state index contributed by atoms with van der Waals surface area (Å²) in [6.45, 7) is -0.443. The first-order valence-electron chi connectivity index (χ1n) is 5.69. The summed E-state index contributed by atoms with van der Waals surface area (Å²) in [5.41, 5.74) is -5.90.